The smallest absolute Gasteiger partial charge is 0.238 e. The third-order valence-corrected chi connectivity index (χ3v) is 4.32. The van der Waals surface area contributed by atoms with Gasteiger partial charge in [-0.15, -0.1) is 0 Å². The fraction of sp³-hybridized carbons (Fsp3) is 0.500. The Hall–Kier alpha value is -0.970. The number of nitrogen functional groups attached to an aromatic ring is 1. The largest absolute Gasteiger partial charge is 0.399 e. The van der Waals surface area contributed by atoms with E-state index < -0.39 is 0 Å². The maximum absolute atomic E-state index is 12.1. The Balaban J connectivity index is 1.97. The molecule has 1 aromatic rings. The number of nitrogens with one attached hydrogen (secondary N) is 1. The summed E-state index contributed by atoms with van der Waals surface area (Å²) >= 11 is 12.1. The Morgan fingerprint density at radius 1 is 1.45 bits per heavy atom. The van der Waals surface area contributed by atoms with Crippen LogP contribution in [0.15, 0.2) is 12.1 Å². The van der Waals surface area contributed by atoms with Crippen LogP contribution >= 0.6 is 23.2 Å². The number of anilines is 2. The lowest BCUT2D eigenvalue weighted by atomic mass is 10.2. The summed E-state index contributed by atoms with van der Waals surface area (Å²) < 4.78 is 0. The molecule has 1 amide bonds. The van der Waals surface area contributed by atoms with E-state index in [-0.39, 0.29) is 5.91 Å². The molecular formula is C14H19Cl2N3O. The molecule has 110 valence electrons. The van der Waals surface area contributed by atoms with E-state index in [1.165, 1.54) is 12.8 Å². The standard InChI is InChI=1S/C14H19Cl2N3O/c1-8(9-3-4-9)19(2)7-13(20)18-14-11(15)5-10(17)6-12(14)16/h5-6,8-9H,3-4,7,17H2,1-2H3,(H,18,20). The van der Waals surface area contributed by atoms with E-state index in [4.69, 9.17) is 28.9 Å². The van der Waals surface area contributed by atoms with Crippen molar-refractivity contribution in [1.29, 1.82) is 0 Å². The normalized spacial score (nSPS) is 16.2. The van der Waals surface area contributed by atoms with E-state index in [0.29, 0.717) is 34.0 Å². The predicted octanol–water partition coefficient (Wildman–Crippen LogP) is 3.24. The van der Waals surface area contributed by atoms with Crippen molar-refractivity contribution in [2.24, 2.45) is 5.92 Å². The topological polar surface area (TPSA) is 58.4 Å². The Morgan fingerprint density at radius 2 is 2.00 bits per heavy atom. The summed E-state index contributed by atoms with van der Waals surface area (Å²) in [5.74, 6) is 0.588. The molecule has 1 fully saturated rings. The van der Waals surface area contributed by atoms with Crippen LogP contribution in [0.3, 0.4) is 0 Å². The van der Waals surface area contributed by atoms with E-state index in [1.54, 1.807) is 12.1 Å². The van der Waals surface area contributed by atoms with Gasteiger partial charge < -0.3 is 11.1 Å². The Morgan fingerprint density at radius 3 is 2.50 bits per heavy atom. The van der Waals surface area contributed by atoms with Gasteiger partial charge in [0.1, 0.15) is 0 Å². The first-order chi connectivity index (χ1) is 9.38. The van der Waals surface area contributed by atoms with Crippen molar-refractivity contribution in [3.05, 3.63) is 22.2 Å². The number of likely N-dealkylation sites (N-methyl/N-ethyl adjacent to an activating group) is 1. The molecule has 0 aliphatic heterocycles. The van der Waals surface area contributed by atoms with Gasteiger partial charge in [0, 0.05) is 11.7 Å². The van der Waals surface area contributed by atoms with E-state index in [1.807, 2.05) is 11.9 Å². The highest BCUT2D eigenvalue weighted by Gasteiger charge is 2.31. The van der Waals surface area contributed by atoms with Crippen LogP contribution in [-0.2, 0) is 4.79 Å². The van der Waals surface area contributed by atoms with Gasteiger partial charge in [-0.3, -0.25) is 9.69 Å². The van der Waals surface area contributed by atoms with Crippen molar-refractivity contribution >= 4 is 40.5 Å². The highest BCUT2D eigenvalue weighted by Crippen LogP contribution is 2.35. The van der Waals surface area contributed by atoms with Crippen molar-refractivity contribution in [3.63, 3.8) is 0 Å². The number of carbonyl (C=O) groups excluding carboxylic acids is 1. The van der Waals surface area contributed by atoms with Crippen molar-refractivity contribution in [2.45, 2.75) is 25.8 Å². The SMILES string of the molecule is CC(C1CC1)N(C)CC(=O)Nc1c(Cl)cc(N)cc1Cl. The molecule has 0 heterocycles. The molecule has 4 nitrogen and oxygen atoms in total. The van der Waals surface area contributed by atoms with Gasteiger partial charge in [-0.2, -0.15) is 0 Å². The molecule has 1 atom stereocenters. The van der Waals surface area contributed by atoms with Crippen LogP contribution in [0.1, 0.15) is 19.8 Å². The molecule has 0 radical (unpaired) electrons. The van der Waals surface area contributed by atoms with Gasteiger partial charge >= 0.3 is 0 Å². The summed E-state index contributed by atoms with van der Waals surface area (Å²) in [4.78, 5) is 14.1. The predicted molar refractivity (Wildman–Crippen MR) is 84.3 cm³/mol. The number of hydrogen-bond donors (Lipinski definition) is 2. The fourth-order valence-electron chi connectivity index (χ4n) is 2.20. The Labute approximate surface area is 129 Å². The number of hydrogen-bond acceptors (Lipinski definition) is 3. The molecule has 1 aromatic carbocycles. The average molecular weight is 316 g/mol. The van der Waals surface area contributed by atoms with Gasteiger partial charge in [0.15, 0.2) is 0 Å². The first-order valence-electron chi connectivity index (χ1n) is 6.63. The van der Waals surface area contributed by atoms with Crippen LogP contribution in [0.5, 0.6) is 0 Å². The molecule has 1 aliphatic rings. The van der Waals surface area contributed by atoms with E-state index >= 15 is 0 Å². The number of nitrogens with zero attached hydrogens (tertiary/aromatic N) is 1. The molecule has 3 N–H and O–H groups in total. The van der Waals surface area contributed by atoms with E-state index in [2.05, 4.69) is 12.2 Å². The zero-order valence-electron chi connectivity index (χ0n) is 11.6. The minimum absolute atomic E-state index is 0.131. The number of nitrogens with two attached hydrogens (primary N) is 1. The molecule has 0 bridgehead atoms. The minimum Gasteiger partial charge on any atom is -0.399 e. The fourth-order valence-corrected chi connectivity index (χ4v) is 2.80. The lowest BCUT2D eigenvalue weighted by Gasteiger charge is -2.24. The highest BCUT2D eigenvalue weighted by atomic mass is 35.5. The molecular weight excluding hydrogens is 297 g/mol. The van der Waals surface area contributed by atoms with Gasteiger partial charge in [0.2, 0.25) is 5.91 Å². The monoisotopic (exact) mass is 315 g/mol. The van der Waals surface area contributed by atoms with Crippen LogP contribution in [0.25, 0.3) is 0 Å². The summed E-state index contributed by atoms with van der Waals surface area (Å²) in [5, 5.41) is 3.45. The second kappa shape index (κ2) is 6.20. The maximum Gasteiger partial charge on any atom is 0.238 e. The second-order valence-corrected chi connectivity index (χ2v) is 6.22. The Kier molecular flexibility index (Phi) is 4.78. The summed E-state index contributed by atoms with van der Waals surface area (Å²) in [6.45, 7) is 2.46. The maximum atomic E-state index is 12.1. The molecule has 2 rings (SSSR count). The summed E-state index contributed by atoms with van der Waals surface area (Å²) in [7, 11) is 1.95. The first kappa shape index (κ1) is 15.4. The zero-order chi connectivity index (χ0) is 14.9. The van der Waals surface area contributed by atoms with Gasteiger partial charge in [0.25, 0.3) is 0 Å². The van der Waals surface area contributed by atoms with Gasteiger partial charge in [-0.25, -0.2) is 0 Å². The molecule has 1 saturated carbocycles. The number of rotatable bonds is 5. The van der Waals surface area contributed by atoms with E-state index in [9.17, 15) is 4.79 Å². The van der Waals surface area contributed by atoms with Crippen molar-refractivity contribution in [3.8, 4) is 0 Å². The number of halogens is 2. The molecule has 0 saturated heterocycles. The van der Waals surface area contributed by atoms with Gasteiger partial charge in [0.05, 0.1) is 22.3 Å². The lowest BCUT2D eigenvalue weighted by Crippen LogP contribution is -2.37. The van der Waals surface area contributed by atoms with Gasteiger partial charge in [-0.1, -0.05) is 23.2 Å². The van der Waals surface area contributed by atoms with Crippen molar-refractivity contribution < 1.29 is 4.79 Å². The van der Waals surface area contributed by atoms with Gasteiger partial charge in [-0.05, 0) is 44.9 Å². The van der Waals surface area contributed by atoms with Crippen LogP contribution in [0, 0.1) is 5.92 Å². The Bertz CT molecular complexity index is 494. The lowest BCUT2D eigenvalue weighted by molar-refractivity contribution is -0.117. The summed E-state index contributed by atoms with van der Waals surface area (Å²) in [6, 6.07) is 3.55. The summed E-state index contributed by atoms with van der Waals surface area (Å²) in [5.41, 5.74) is 6.52. The number of carbonyl (C=O) groups is 1. The number of benzene rings is 1. The third-order valence-electron chi connectivity index (χ3n) is 3.72. The molecule has 0 spiro atoms. The molecule has 6 heteroatoms. The number of amides is 1. The van der Waals surface area contributed by atoms with Crippen LogP contribution in [0.2, 0.25) is 10.0 Å². The molecule has 1 unspecified atom stereocenters. The first-order valence-corrected chi connectivity index (χ1v) is 7.38. The van der Waals surface area contributed by atoms with E-state index in [0.717, 1.165) is 5.92 Å². The minimum atomic E-state index is -0.131. The molecule has 20 heavy (non-hydrogen) atoms. The van der Waals surface area contributed by atoms with Crippen molar-refractivity contribution in [2.75, 3.05) is 24.6 Å². The molecule has 1 aliphatic carbocycles. The second-order valence-electron chi connectivity index (χ2n) is 5.40. The van der Waals surface area contributed by atoms with Crippen molar-refractivity contribution in [1.82, 2.24) is 4.90 Å². The highest BCUT2D eigenvalue weighted by molar-refractivity contribution is 6.40. The zero-order valence-corrected chi connectivity index (χ0v) is 13.1. The van der Waals surface area contributed by atoms with Crippen LogP contribution < -0.4 is 11.1 Å². The average Bonchev–Trinajstić information content (AvgIpc) is 3.16. The third kappa shape index (κ3) is 3.78. The molecule has 0 aromatic heterocycles. The van der Waals surface area contributed by atoms with Crippen LogP contribution in [-0.4, -0.2) is 30.4 Å². The quantitative estimate of drug-likeness (QED) is 0.820. The van der Waals surface area contributed by atoms with Crippen LogP contribution in [0.4, 0.5) is 11.4 Å². The summed E-state index contributed by atoms with van der Waals surface area (Å²) in [6.07, 6.45) is 2.51.